The predicted octanol–water partition coefficient (Wildman–Crippen LogP) is 2.77. The van der Waals surface area contributed by atoms with Crippen molar-refractivity contribution in [1.82, 2.24) is 5.32 Å². The summed E-state index contributed by atoms with van der Waals surface area (Å²) in [4.78, 5) is 17.2. The van der Waals surface area contributed by atoms with Crippen LogP contribution in [0.4, 0.5) is 0 Å². The van der Waals surface area contributed by atoms with E-state index in [1.54, 1.807) is 11.3 Å². The van der Waals surface area contributed by atoms with Crippen LogP contribution in [0.1, 0.15) is 22.4 Å². The molecule has 22 heavy (non-hydrogen) atoms. The average molecular weight is 314 g/mol. The molecule has 1 N–H and O–H groups in total. The van der Waals surface area contributed by atoms with E-state index in [-0.39, 0.29) is 5.97 Å². The first-order valence-electron chi connectivity index (χ1n) is 7.37. The van der Waals surface area contributed by atoms with Crippen molar-refractivity contribution in [1.29, 1.82) is 0 Å². The minimum atomic E-state index is -0.161. The molecule has 0 aliphatic carbocycles. The number of ether oxygens (including phenoxy) is 1. The van der Waals surface area contributed by atoms with E-state index in [4.69, 9.17) is 4.74 Å². The van der Waals surface area contributed by atoms with Crippen molar-refractivity contribution in [3.05, 3.63) is 57.8 Å². The lowest BCUT2D eigenvalue weighted by molar-refractivity contribution is -0.142. The van der Waals surface area contributed by atoms with Gasteiger partial charge in [-0.15, -0.1) is 11.3 Å². The van der Waals surface area contributed by atoms with E-state index in [9.17, 15) is 4.79 Å². The van der Waals surface area contributed by atoms with Gasteiger partial charge in [0.25, 0.3) is 0 Å². The summed E-state index contributed by atoms with van der Waals surface area (Å²) in [7, 11) is 0. The first-order valence-corrected chi connectivity index (χ1v) is 8.25. The first-order chi connectivity index (χ1) is 10.8. The van der Waals surface area contributed by atoms with Crippen LogP contribution in [-0.4, -0.2) is 25.0 Å². The molecule has 1 aliphatic heterocycles. The molecule has 1 aromatic carbocycles. The van der Waals surface area contributed by atoms with E-state index >= 15 is 0 Å². The van der Waals surface area contributed by atoms with Gasteiger partial charge in [-0.25, -0.2) is 0 Å². The number of benzene rings is 1. The molecule has 0 amide bonds. The number of esters is 1. The molecule has 2 aromatic rings. The zero-order valence-electron chi connectivity index (χ0n) is 12.2. The lowest BCUT2D eigenvalue weighted by Crippen LogP contribution is -2.25. The fourth-order valence-electron chi connectivity index (χ4n) is 2.36. The molecule has 0 unspecified atom stereocenters. The number of hydrogen-bond donors (Lipinski definition) is 1. The highest BCUT2D eigenvalue weighted by molar-refractivity contribution is 7.10. The van der Waals surface area contributed by atoms with Crippen molar-refractivity contribution < 1.29 is 9.53 Å². The van der Waals surface area contributed by atoms with E-state index in [1.165, 1.54) is 11.1 Å². The molecule has 114 valence electrons. The number of hydrogen-bond acceptors (Lipinski definition) is 5. The van der Waals surface area contributed by atoms with Gasteiger partial charge in [0.15, 0.2) is 0 Å². The second-order valence-corrected chi connectivity index (χ2v) is 6.11. The molecule has 4 nitrogen and oxygen atoms in total. The molecule has 0 spiro atoms. The number of fused-ring (bicyclic) bond motifs is 1. The standard InChI is InChI=1S/C17H18N2O2S/c20-16(11-14-6-3-10-22-14)21-9-4-8-18-17-15-7-2-1-5-13(15)12-19-17/h1-3,5-7,10H,4,8-9,11-12H2,(H,18,19). The van der Waals surface area contributed by atoms with Crippen molar-refractivity contribution in [2.45, 2.75) is 19.4 Å². The number of carbonyl (C=O) groups is 1. The molecule has 0 saturated carbocycles. The molecular formula is C17H18N2O2S. The third-order valence-corrected chi connectivity index (χ3v) is 4.33. The number of nitrogens with zero attached hydrogens (tertiary/aromatic N) is 1. The lowest BCUT2D eigenvalue weighted by atomic mass is 10.1. The summed E-state index contributed by atoms with van der Waals surface area (Å²) in [6.45, 7) is 1.93. The van der Waals surface area contributed by atoms with E-state index in [1.807, 2.05) is 29.6 Å². The quantitative estimate of drug-likeness (QED) is 0.659. The summed E-state index contributed by atoms with van der Waals surface area (Å²) in [5.74, 6) is 0.784. The molecule has 1 aromatic heterocycles. The third kappa shape index (κ3) is 3.74. The van der Waals surface area contributed by atoms with E-state index in [0.29, 0.717) is 13.0 Å². The topological polar surface area (TPSA) is 50.7 Å². The van der Waals surface area contributed by atoms with Crippen molar-refractivity contribution in [3.8, 4) is 0 Å². The fourth-order valence-corrected chi connectivity index (χ4v) is 3.05. The molecule has 0 atom stereocenters. The fraction of sp³-hybridized carbons (Fsp3) is 0.294. The van der Waals surface area contributed by atoms with Gasteiger partial charge in [-0.1, -0.05) is 30.3 Å². The number of carbonyl (C=O) groups excluding carboxylic acids is 1. The summed E-state index contributed by atoms with van der Waals surface area (Å²) < 4.78 is 5.24. The Morgan fingerprint density at radius 1 is 1.27 bits per heavy atom. The molecule has 1 aliphatic rings. The molecule has 2 heterocycles. The average Bonchev–Trinajstić information content (AvgIpc) is 3.17. The molecule has 0 radical (unpaired) electrons. The maximum Gasteiger partial charge on any atom is 0.311 e. The molecule has 5 heteroatoms. The van der Waals surface area contributed by atoms with Gasteiger partial charge < -0.3 is 10.1 Å². The first kappa shape index (κ1) is 14.8. The Hall–Kier alpha value is -2.14. The molecule has 0 fully saturated rings. The summed E-state index contributed by atoms with van der Waals surface area (Å²) in [5.41, 5.74) is 2.43. The van der Waals surface area contributed by atoms with Gasteiger partial charge in [-0.05, 0) is 23.4 Å². The van der Waals surface area contributed by atoms with Crippen molar-refractivity contribution in [2.24, 2.45) is 4.99 Å². The van der Waals surface area contributed by atoms with E-state index in [2.05, 4.69) is 22.4 Å². The highest BCUT2D eigenvalue weighted by Gasteiger charge is 2.13. The molecular weight excluding hydrogens is 296 g/mol. The van der Waals surface area contributed by atoms with E-state index in [0.717, 1.165) is 30.2 Å². The summed E-state index contributed by atoms with van der Waals surface area (Å²) in [6.07, 6.45) is 1.14. The van der Waals surface area contributed by atoms with Crippen LogP contribution in [-0.2, 0) is 22.5 Å². The number of thiophene rings is 1. The highest BCUT2D eigenvalue weighted by Crippen LogP contribution is 2.16. The normalized spacial score (nSPS) is 12.6. The van der Waals surface area contributed by atoms with Gasteiger partial charge in [0.1, 0.15) is 5.84 Å². The largest absolute Gasteiger partial charge is 0.465 e. The van der Waals surface area contributed by atoms with Crippen LogP contribution < -0.4 is 5.32 Å². The molecule has 3 rings (SSSR count). The summed E-state index contributed by atoms with van der Waals surface area (Å²) in [6, 6.07) is 12.1. The maximum absolute atomic E-state index is 11.6. The van der Waals surface area contributed by atoms with Crippen LogP contribution in [0.15, 0.2) is 46.8 Å². The van der Waals surface area contributed by atoms with Crippen molar-refractivity contribution in [3.63, 3.8) is 0 Å². The Morgan fingerprint density at radius 2 is 2.18 bits per heavy atom. The molecule has 0 saturated heterocycles. The van der Waals surface area contributed by atoms with Gasteiger partial charge in [-0.3, -0.25) is 9.79 Å². The Labute approximate surface area is 133 Å². The minimum absolute atomic E-state index is 0.161. The zero-order chi connectivity index (χ0) is 15.2. The number of aliphatic imine (C=N–C) groups is 1. The van der Waals surface area contributed by atoms with Gasteiger partial charge in [0.05, 0.1) is 19.6 Å². The van der Waals surface area contributed by atoms with Gasteiger partial charge in [0, 0.05) is 17.0 Å². The second-order valence-electron chi connectivity index (χ2n) is 5.08. The van der Waals surface area contributed by atoms with Gasteiger partial charge >= 0.3 is 5.97 Å². The summed E-state index contributed by atoms with van der Waals surface area (Å²) >= 11 is 1.58. The van der Waals surface area contributed by atoms with Crippen LogP contribution in [0.25, 0.3) is 0 Å². The van der Waals surface area contributed by atoms with E-state index < -0.39 is 0 Å². The van der Waals surface area contributed by atoms with Crippen LogP contribution in [0, 0.1) is 0 Å². The smallest absolute Gasteiger partial charge is 0.311 e. The zero-order valence-corrected chi connectivity index (χ0v) is 13.1. The monoisotopic (exact) mass is 314 g/mol. The Morgan fingerprint density at radius 3 is 3.05 bits per heavy atom. The van der Waals surface area contributed by atoms with Gasteiger partial charge in [0.2, 0.25) is 0 Å². The minimum Gasteiger partial charge on any atom is -0.465 e. The number of nitrogens with one attached hydrogen (secondary N) is 1. The second kappa shape index (κ2) is 7.22. The van der Waals surface area contributed by atoms with Crippen molar-refractivity contribution >= 4 is 23.1 Å². The molecule has 0 bridgehead atoms. The van der Waals surface area contributed by atoms with Crippen molar-refractivity contribution in [2.75, 3.05) is 13.2 Å². The Bertz CT molecular complexity index is 665. The Balaban J connectivity index is 1.34. The predicted molar refractivity (Wildman–Crippen MR) is 88.3 cm³/mol. The van der Waals surface area contributed by atoms with Crippen LogP contribution in [0.3, 0.4) is 0 Å². The van der Waals surface area contributed by atoms with Crippen LogP contribution in [0.5, 0.6) is 0 Å². The van der Waals surface area contributed by atoms with Crippen LogP contribution >= 0.6 is 11.3 Å². The summed E-state index contributed by atoms with van der Waals surface area (Å²) in [5, 5.41) is 5.28. The van der Waals surface area contributed by atoms with Gasteiger partial charge in [-0.2, -0.15) is 0 Å². The SMILES string of the molecule is O=C(Cc1cccs1)OCCCNC1=NCc2ccccc21. The Kier molecular flexibility index (Phi) is 4.85. The third-order valence-electron chi connectivity index (χ3n) is 3.46. The van der Waals surface area contributed by atoms with Crippen LogP contribution in [0.2, 0.25) is 0 Å². The maximum atomic E-state index is 11.6. The highest BCUT2D eigenvalue weighted by atomic mass is 32.1. The number of rotatable bonds is 6. The number of amidine groups is 1. The lowest BCUT2D eigenvalue weighted by Gasteiger charge is -2.08.